The minimum absolute atomic E-state index is 0.0560. The summed E-state index contributed by atoms with van der Waals surface area (Å²) < 4.78 is 5.15. The molecular weight excluding hydrogens is 350 g/mol. The highest BCUT2D eigenvalue weighted by Gasteiger charge is 2.23. The van der Waals surface area contributed by atoms with Crippen molar-refractivity contribution in [3.05, 3.63) is 53.0 Å². The van der Waals surface area contributed by atoms with Crippen LogP contribution in [0.15, 0.2) is 47.5 Å². The van der Waals surface area contributed by atoms with E-state index in [0.717, 1.165) is 5.56 Å². The molecule has 26 heavy (non-hydrogen) atoms. The number of esters is 1. The fraction of sp³-hybridized carbons (Fsp3) is 0.211. The lowest BCUT2D eigenvalue weighted by atomic mass is 10.0. The van der Waals surface area contributed by atoms with E-state index in [2.05, 4.69) is 5.32 Å². The number of anilines is 1. The van der Waals surface area contributed by atoms with Gasteiger partial charge in [-0.3, -0.25) is 4.79 Å². The highest BCUT2D eigenvalue weighted by Crippen LogP contribution is 2.36. The van der Waals surface area contributed by atoms with Crippen LogP contribution in [0.1, 0.15) is 17.3 Å². The number of hydrogen-bond acceptors (Lipinski definition) is 6. The first-order valence-electron chi connectivity index (χ1n) is 7.91. The molecule has 1 aromatic carbocycles. The zero-order valence-corrected chi connectivity index (χ0v) is 15.6. The molecule has 7 heteroatoms. The molecule has 1 aromatic heterocycles. The SMILES string of the molecule is CCOC(=O)c1c(-c2ccccc2)csc1NC(=O)/C(C#N)=C/N(C)C. The van der Waals surface area contributed by atoms with Crippen LogP contribution in [0, 0.1) is 11.3 Å². The summed E-state index contributed by atoms with van der Waals surface area (Å²) in [5.41, 5.74) is 1.76. The number of hydrogen-bond donors (Lipinski definition) is 1. The molecule has 1 N–H and O–H groups in total. The second-order valence-corrected chi connectivity index (χ2v) is 6.39. The van der Waals surface area contributed by atoms with Crippen LogP contribution in [-0.4, -0.2) is 37.5 Å². The van der Waals surface area contributed by atoms with Gasteiger partial charge in [-0.15, -0.1) is 11.3 Å². The third kappa shape index (κ3) is 4.49. The number of rotatable bonds is 6. The Labute approximate surface area is 156 Å². The minimum Gasteiger partial charge on any atom is -0.462 e. The van der Waals surface area contributed by atoms with Gasteiger partial charge in [-0.2, -0.15) is 5.26 Å². The average Bonchev–Trinajstić information content (AvgIpc) is 3.04. The maximum Gasteiger partial charge on any atom is 0.341 e. The van der Waals surface area contributed by atoms with Crippen molar-refractivity contribution in [3.63, 3.8) is 0 Å². The molecule has 0 atom stereocenters. The van der Waals surface area contributed by atoms with E-state index in [1.165, 1.54) is 17.5 Å². The summed E-state index contributed by atoms with van der Waals surface area (Å²) in [4.78, 5) is 26.5. The molecule has 0 aliphatic rings. The van der Waals surface area contributed by atoms with Gasteiger partial charge in [-0.1, -0.05) is 30.3 Å². The van der Waals surface area contributed by atoms with Gasteiger partial charge in [0.1, 0.15) is 22.2 Å². The van der Waals surface area contributed by atoms with Crippen LogP contribution in [0.2, 0.25) is 0 Å². The number of carbonyl (C=O) groups is 2. The van der Waals surface area contributed by atoms with E-state index in [1.807, 2.05) is 36.4 Å². The monoisotopic (exact) mass is 369 g/mol. The van der Waals surface area contributed by atoms with Crippen LogP contribution in [0.25, 0.3) is 11.1 Å². The fourth-order valence-corrected chi connectivity index (χ4v) is 3.21. The van der Waals surface area contributed by atoms with Crippen LogP contribution in [0.3, 0.4) is 0 Å². The first kappa shape index (κ1) is 19.2. The van der Waals surface area contributed by atoms with Gasteiger partial charge in [0, 0.05) is 31.2 Å². The normalized spacial score (nSPS) is 10.8. The number of nitriles is 1. The molecule has 0 saturated heterocycles. The molecule has 0 radical (unpaired) electrons. The predicted octanol–water partition coefficient (Wildman–Crippen LogP) is 3.50. The van der Waals surface area contributed by atoms with Gasteiger partial charge in [0.25, 0.3) is 5.91 Å². The van der Waals surface area contributed by atoms with Crippen molar-refractivity contribution < 1.29 is 14.3 Å². The van der Waals surface area contributed by atoms with Gasteiger partial charge in [0.15, 0.2) is 0 Å². The Morgan fingerprint density at radius 3 is 2.58 bits per heavy atom. The van der Waals surface area contributed by atoms with Crippen molar-refractivity contribution in [2.75, 3.05) is 26.0 Å². The first-order chi connectivity index (χ1) is 12.5. The summed E-state index contributed by atoms with van der Waals surface area (Å²) in [5.74, 6) is -1.09. The number of amides is 1. The third-order valence-electron chi connectivity index (χ3n) is 3.33. The van der Waals surface area contributed by atoms with E-state index < -0.39 is 11.9 Å². The predicted molar refractivity (Wildman–Crippen MR) is 102 cm³/mol. The molecule has 2 rings (SSSR count). The average molecular weight is 369 g/mol. The molecule has 2 aromatic rings. The largest absolute Gasteiger partial charge is 0.462 e. The smallest absolute Gasteiger partial charge is 0.341 e. The lowest BCUT2D eigenvalue weighted by molar-refractivity contribution is -0.112. The first-order valence-corrected chi connectivity index (χ1v) is 8.79. The molecule has 0 bridgehead atoms. The van der Waals surface area contributed by atoms with E-state index in [0.29, 0.717) is 16.1 Å². The molecule has 0 aliphatic carbocycles. The van der Waals surface area contributed by atoms with Crippen molar-refractivity contribution in [1.29, 1.82) is 5.26 Å². The van der Waals surface area contributed by atoms with Crippen molar-refractivity contribution in [3.8, 4) is 17.2 Å². The van der Waals surface area contributed by atoms with Crippen LogP contribution < -0.4 is 5.32 Å². The summed E-state index contributed by atoms with van der Waals surface area (Å²) in [6.45, 7) is 1.94. The van der Waals surface area contributed by atoms with Gasteiger partial charge in [0.05, 0.1) is 6.61 Å². The fourth-order valence-electron chi connectivity index (χ4n) is 2.25. The van der Waals surface area contributed by atoms with E-state index in [4.69, 9.17) is 4.74 Å². The highest BCUT2D eigenvalue weighted by molar-refractivity contribution is 7.15. The van der Waals surface area contributed by atoms with Crippen LogP contribution >= 0.6 is 11.3 Å². The number of benzene rings is 1. The lowest BCUT2D eigenvalue weighted by Gasteiger charge is -2.09. The summed E-state index contributed by atoms with van der Waals surface area (Å²) in [7, 11) is 3.43. The Balaban J connectivity index is 2.43. The van der Waals surface area contributed by atoms with Gasteiger partial charge >= 0.3 is 5.97 Å². The summed E-state index contributed by atoms with van der Waals surface area (Å²) >= 11 is 1.22. The minimum atomic E-state index is -0.576. The second-order valence-electron chi connectivity index (χ2n) is 5.51. The Bertz CT molecular complexity index is 864. The molecule has 1 heterocycles. The molecule has 0 saturated carbocycles. The number of thiophene rings is 1. The van der Waals surface area contributed by atoms with Crippen LogP contribution in [0.5, 0.6) is 0 Å². The van der Waals surface area contributed by atoms with E-state index >= 15 is 0 Å². The molecular formula is C19H19N3O3S. The quantitative estimate of drug-likeness (QED) is 0.479. The van der Waals surface area contributed by atoms with E-state index in [1.54, 1.807) is 31.3 Å². The maximum absolute atomic E-state index is 12.5. The van der Waals surface area contributed by atoms with Crippen LogP contribution in [0.4, 0.5) is 5.00 Å². The van der Waals surface area contributed by atoms with Gasteiger partial charge in [0.2, 0.25) is 0 Å². The number of carbonyl (C=O) groups excluding carboxylic acids is 2. The number of nitrogens with one attached hydrogen (secondary N) is 1. The third-order valence-corrected chi connectivity index (χ3v) is 4.23. The Kier molecular flexibility index (Phi) is 6.53. The van der Waals surface area contributed by atoms with Crippen molar-refractivity contribution in [2.24, 2.45) is 0 Å². The van der Waals surface area contributed by atoms with Gasteiger partial charge in [-0.05, 0) is 12.5 Å². The zero-order chi connectivity index (χ0) is 19.1. The summed E-state index contributed by atoms with van der Waals surface area (Å²) in [5, 5.41) is 14.0. The maximum atomic E-state index is 12.5. The Hall–Kier alpha value is -3.11. The van der Waals surface area contributed by atoms with E-state index in [-0.39, 0.29) is 12.2 Å². The standard InChI is InChI=1S/C19H19N3O3S/c1-4-25-19(24)16-15(13-8-6-5-7-9-13)12-26-18(16)21-17(23)14(10-20)11-22(2)3/h5-9,11-12H,4H2,1-3H3,(H,21,23)/b14-11+. The Morgan fingerprint density at radius 2 is 2.00 bits per heavy atom. The molecule has 0 spiro atoms. The van der Waals surface area contributed by atoms with Crippen molar-refractivity contribution in [1.82, 2.24) is 4.90 Å². The van der Waals surface area contributed by atoms with Crippen LogP contribution in [-0.2, 0) is 9.53 Å². The molecule has 134 valence electrons. The van der Waals surface area contributed by atoms with Gasteiger partial charge < -0.3 is 15.0 Å². The zero-order valence-electron chi connectivity index (χ0n) is 14.8. The lowest BCUT2D eigenvalue weighted by Crippen LogP contribution is -2.17. The highest BCUT2D eigenvalue weighted by atomic mass is 32.1. The molecule has 6 nitrogen and oxygen atoms in total. The summed E-state index contributed by atoms with van der Waals surface area (Å²) in [6, 6.07) is 11.2. The second kappa shape index (κ2) is 8.83. The molecule has 0 fully saturated rings. The number of nitrogens with zero attached hydrogens (tertiary/aromatic N) is 2. The topological polar surface area (TPSA) is 82.4 Å². The van der Waals surface area contributed by atoms with Crippen molar-refractivity contribution >= 4 is 28.2 Å². The Morgan fingerprint density at radius 1 is 1.31 bits per heavy atom. The molecule has 0 unspecified atom stereocenters. The molecule has 1 amide bonds. The summed E-state index contributed by atoms with van der Waals surface area (Å²) in [6.07, 6.45) is 1.42. The van der Waals surface area contributed by atoms with E-state index in [9.17, 15) is 14.9 Å². The molecule has 0 aliphatic heterocycles. The van der Waals surface area contributed by atoms with Crippen molar-refractivity contribution in [2.45, 2.75) is 6.92 Å². The number of ether oxygens (including phenoxy) is 1. The van der Waals surface area contributed by atoms with Gasteiger partial charge in [-0.25, -0.2) is 4.79 Å².